The van der Waals surface area contributed by atoms with Crippen molar-refractivity contribution in [2.24, 2.45) is 5.92 Å². The van der Waals surface area contributed by atoms with Crippen LogP contribution in [0.3, 0.4) is 0 Å². The van der Waals surface area contributed by atoms with E-state index in [-0.39, 0.29) is 12.5 Å². The van der Waals surface area contributed by atoms with Crippen molar-refractivity contribution in [3.05, 3.63) is 41.6 Å². The molecule has 3 heterocycles. The molecule has 0 spiro atoms. The first kappa shape index (κ1) is 20.4. The molecule has 1 aliphatic heterocycles. The molecule has 1 amide bonds. The average molecular weight is 407 g/mol. The SMILES string of the molecule is CCn1nc2nc(-c3ccc(OCC(=O)N4CCC(C)CC4)cc3)cc(C)c2c1C. The fraction of sp³-hybridized carbons (Fsp3) is 0.458. The maximum atomic E-state index is 12.4. The van der Waals surface area contributed by atoms with Crippen LogP contribution in [0, 0.1) is 19.8 Å². The highest BCUT2D eigenvalue weighted by Gasteiger charge is 2.20. The highest BCUT2D eigenvalue weighted by molar-refractivity contribution is 5.84. The van der Waals surface area contributed by atoms with Crippen LogP contribution >= 0.6 is 0 Å². The number of carbonyl (C=O) groups is 1. The van der Waals surface area contributed by atoms with E-state index in [9.17, 15) is 4.79 Å². The Labute approximate surface area is 177 Å². The molecular formula is C24H30N4O2. The van der Waals surface area contributed by atoms with Gasteiger partial charge in [0.1, 0.15) is 5.75 Å². The molecule has 4 rings (SSSR count). The summed E-state index contributed by atoms with van der Waals surface area (Å²) in [5.41, 5.74) is 5.01. The first-order chi connectivity index (χ1) is 14.5. The van der Waals surface area contributed by atoms with Gasteiger partial charge in [0.25, 0.3) is 5.91 Å². The summed E-state index contributed by atoms with van der Waals surface area (Å²) in [6, 6.07) is 9.88. The van der Waals surface area contributed by atoms with Crippen molar-refractivity contribution >= 4 is 16.9 Å². The number of aromatic nitrogens is 3. The van der Waals surface area contributed by atoms with E-state index in [1.807, 2.05) is 33.8 Å². The van der Waals surface area contributed by atoms with Gasteiger partial charge in [-0.05, 0) is 75.4 Å². The number of benzene rings is 1. The molecule has 0 aliphatic carbocycles. The second kappa shape index (κ2) is 8.46. The number of hydrogen-bond acceptors (Lipinski definition) is 4. The molecule has 1 aliphatic rings. The third-order valence-corrected chi connectivity index (χ3v) is 6.11. The smallest absolute Gasteiger partial charge is 0.260 e. The highest BCUT2D eigenvalue weighted by Crippen LogP contribution is 2.27. The van der Waals surface area contributed by atoms with E-state index in [1.54, 1.807) is 0 Å². The number of ether oxygens (including phenoxy) is 1. The standard InChI is InChI=1S/C24H30N4O2/c1-5-28-18(4)23-17(3)14-21(25-24(23)26-28)19-6-8-20(9-7-19)30-15-22(29)27-12-10-16(2)11-13-27/h6-9,14,16H,5,10-13,15H2,1-4H3. The Hall–Kier alpha value is -2.89. The number of nitrogens with zero attached hydrogens (tertiary/aromatic N) is 4. The van der Waals surface area contributed by atoms with Crippen LogP contribution in [0.15, 0.2) is 30.3 Å². The third-order valence-electron chi connectivity index (χ3n) is 6.11. The predicted octanol–water partition coefficient (Wildman–Crippen LogP) is 4.37. The second-order valence-corrected chi connectivity index (χ2v) is 8.30. The maximum Gasteiger partial charge on any atom is 0.260 e. The van der Waals surface area contributed by atoms with Gasteiger partial charge >= 0.3 is 0 Å². The lowest BCUT2D eigenvalue weighted by Gasteiger charge is -2.30. The summed E-state index contributed by atoms with van der Waals surface area (Å²) >= 11 is 0. The monoisotopic (exact) mass is 406 g/mol. The number of pyridine rings is 1. The largest absolute Gasteiger partial charge is 0.484 e. The lowest BCUT2D eigenvalue weighted by molar-refractivity contribution is -0.134. The third kappa shape index (κ3) is 4.04. The Morgan fingerprint density at radius 3 is 2.53 bits per heavy atom. The van der Waals surface area contributed by atoms with Crippen molar-refractivity contribution in [3.8, 4) is 17.0 Å². The van der Waals surface area contributed by atoms with E-state index < -0.39 is 0 Å². The number of rotatable bonds is 5. The summed E-state index contributed by atoms with van der Waals surface area (Å²) in [6.07, 6.45) is 2.15. The van der Waals surface area contributed by atoms with Crippen LogP contribution in [-0.2, 0) is 11.3 Å². The van der Waals surface area contributed by atoms with Gasteiger partial charge in [0.05, 0.1) is 5.69 Å². The minimum Gasteiger partial charge on any atom is -0.484 e. The van der Waals surface area contributed by atoms with Crippen molar-refractivity contribution < 1.29 is 9.53 Å². The Kier molecular flexibility index (Phi) is 5.75. The zero-order valence-electron chi connectivity index (χ0n) is 18.3. The highest BCUT2D eigenvalue weighted by atomic mass is 16.5. The molecule has 158 valence electrons. The number of fused-ring (bicyclic) bond motifs is 1. The summed E-state index contributed by atoms with van der Waals surface area (Å²) in [5, 5.41) is 5.76. The number of hydrogen-bond donors (Lipinski definition) is 0. The fourth-order valence-electron chi connectivity index (χ4n) is 4.17. The zero-order valence-corrected chi connectivity index (χ0v) is 18.3. The van der Waals surface area contributed by atoms with E-state index in [0.717, 1.165) is 60.5 Å². The molecule has 0 N–H and O–H groups in total. The minimum atomic E-state index is 0.0654. The summed E-state index contributed by atoms with van der Waals surface area (Å²) in [4.78, 5) is 19.0. The predicted molar refractivity (Wildman–Crippen MR) is 119 cm³/mol. The maximum absolute atomic E-state index is 12.4. The Morgan fingerprint density at radius 2 is 1.87 bits per heavy atom. The zero-order chi connectivity index (χ0) is 21.3. The molecule has 1 fully saturated rings. The molecule has 0 unspecified atom stereocenters. The van der Waals surface area contributed by atoms with E-state index >= 15 is 0 Å². The fourth-order valence-corrected chi connectivity index (χ4v) is 4.17. The van der Waals surface area contributed by atoms with Crippen molar-refractivity contribution in [1.29, 1.82) is 0 Å². The van der Waals surface area contributed by atoms with Crippen LogP contribution in [0.25, 0.3) is 22.3 Å². The summed E-state index contributed by atoms with van der Waals surface area (Å²) in [7, 11) is 0. The van der Waals surface area contributed by atoms with E-state index in [1.165, 1.54) is 5.56 Å². The molecule has 0 radical (unpaired) electrons. The Bertz CT molecular complexity index is 1050. The number of piperidine rings is 1. The Balaban J connectivity index is 1.45. The van der Waals surface area contributed by atoms with Crippen molar-refractivity contribution in [3.63, 3.8) is 0 Å². The van der Waals surface area contributed by atoms with Gasteiger partial charge in [-0.3, -0.25) is 9.48 Å². The van der Waals surface area contributed by atoms with Gasteiger partial charge in [-0.15, -0.1) is 0 Å². The molecule has 1 saturated heterocycles. The number of likely N-dealkylation sites (tertiary alicyclic amines) is 1. The van der Waals surface area contributed by atoms with Crippen LogP contribution in [0.2, 0.25) is 0 Å². The topological polar surface area (TPSA) is 60.2 Å². The van der Waals surface area contributed by atoms with Crippen LogP contribution in [0.1, 0.15) is 37.9 Å². The van der Waals surface area contributed by atoms with Gasteiger partial charge in [-0.2, -0.15) is 5.10 Å². The van der Waals surface area contributed by atoms with Crippen molar-refractivity contribution in [1.82, 2.24) is 19.7 Å². The summed E-state index contributed by atoms with van der Waals surface area (Å²) in [6.45, 7) is 11.1. The minimum absolute atomic E-state index is 0.0654. The molecule has 0 bridgehead atoms. The van der Waals surface area contributed by atoms with E-state index in [2.05, 4.69) is 38.9 Å². The molecule has 6 heteroatoms. The normalized spacial score (nSPS) is 15.0. The first-order valence-corrected chi connectivity index (χ1v) is 10.8. The lowest BCUT2D eigenvalue weighted by atomic mass is 9.99. The van der Waals surface area contributed by atoms with E-state index in [4.69, 9.17) is 9.72 Å². The van der Waals surface area contributed by atoms with Gasteiger partial charge < -0.3 is 9.64 Å². The molecule has 1 aromatic carbocycles. The molecular weight excluding hydrogens is 376 g/mol. The average Bonchev–Trinajstić information content (AvgIpc) is 3.09. The van der Waals surface area contributed by atoms with Gasteiger partial charge in [-0.25, -0.2) is 4.98 Å². The van der Waals surface area contributed by atoms with Crippen LogP contribution in [0.5, 0.6) is 5.75 Å². The summed E-state index contributed by atoms with van der Waals surface area (Å²) in [5.74, 6) is 1.47. The number of carbonyl (C=O) groups excluding carboxylic acids is 1. The first-order valence-electron chi connectivity index (χ1n) is 10.8. The van der Waals surface area contributed by atoms with Crippen LogP contribution in [0.4, 0.5) is 0 Å². The summed E-state index contributed by atoms with van der Waals surface area (Å²) < 4.78 is 7.73. The number of aryl methyl sites for hydroxylation is 3. The number of amides is 1. The van der Waals surface area contributed by atoms with Gasteiger partial charge in [-0.1, -0.05) is 6.92 Å². The van der Waals surface area contributed by atoms with E-state index in [0.29, 0.717) is 11.7 Å². The van der Waals surface area contributed by atoms with Gasteiger partial charge in [0.15, 0.2) is 12.3 Å². The second-order valence-electron chi connectivity index (χ2n) is 8.30. The molecule has 0 saturated carbocycles. The van der Waals surface area contributed by atoms with Crippen molar-refractivity contribution in [2.45, 2.75) is 47.1 Å². The van der Waals surface area contributed by atoms with Gasteiger partial charge in [0, 0.05) is 36.3 Å². The molecule has 2 aromatic heterocycles. The lowest BCUT2D eigenvalue weighted by Crippen LogP contribution is -2.40. The quantitative estimate of drug-likeness (QED) is 0.631. The van der Waals surface area contributed by atoms with Crippen LogP contribution in [-0.4, -0.2) is 45.3 Å². The molecule has 3 aromatic rings. The van der Waals surface area contributed by atoms with Crippen LogP contribution < -0.4 is 4.74 Å². The molecule has 0 atom stereocenters. The Morgan fingerprint density at radius 1 is 1.17 bits per heavy atom. The molecule has 6 nitrogen and oxygen atoms in total. The van der Waals surface area contributed by atoms with Crippen molar-refractivity contribution in [2.75, 3.05) is 19.7 Å². The molecule has 30 heavy (non-hydrogen) atoms. The van der Waals surface area contributed by atoms with Gasteiger partial charge in [0.2, 0.25) is 0 Å².